The van der Waals surface area contributed by atoms with Crippen molar-refractivity contribution in [3.63, 3.8) is 0 Å². The molecule has 2 aliphatic heterocycles. The van der Waals surface area contributed by atoms with Crippen molar-refractivity contribution in [1.29, 1.82) is 0 Å². The summed E-state index contributed by atoms with van der Waals surface area (Å²) in [5.41, 5.74) is 9.58. The summed E-state index contributed by atoms with van der Waals surface area (Å²) in [7, 11) is 0. The normalized spacial score (nSPS) is 23.9. The summed E-state index contributed by atoms with van der Waals surface area (Å²) in [6, 6.07) is 75.9. The maximum atomic E-state index is 14.4. The minimum atomic E-state index is -2.24. The van der Waals surface area contributed by atoms with Gasteiger partial charge in [0.15, 0.2) is 0 Å². The average molecular weight is 1090 g/mol. The monoisotopic (exact) mass is 1090 g/mol. The molecule has 1 unspecified atom stereocenters. The van der Waals surface area contributed by atoms with Crippen molar-refractivity contribution in [3.05, 3.63) is 286 Å². The van der Waals surface area contributed by atoms with E-state index < -0.39 is 48.2 Å². The standard InChI is InChI=1S/C36H38O5.C36H40O4/c1-3-32-26(2)33(39-24-28-17-9-5-10-18-28)35(40-25-29-19-11-6-12-20-29)36(38,41-32)34(37)31-22-14-13-21-30(31)23-27-15-7-4-8-16-27;1-3-32-26(2)34(38-24-28-17-9-5-10-18-28)36(39-25-29-19-11-6-12-20-29)35(40-32)33(37)31-22-14-13-21-30(31)23-27-15-7-4-8-16-27/h4-22,26,32-33,35,38H,3,23-25H2,1-2H3;4-22,26,32-37H,3,23-25H2,1-2H3/t26-,32-,33+,35-,36+;26-,32-,33?,34+,35+,36-/m11/s1. The highest BCUT2D eigenvalue weighted by Gasteiger charge is 2.58. The van der Waals surface area contributed by atoms with Gasteiger partial charge in [-0.1, -0.05) is 258 Å². The molecule has 9 heteroatoms. The van der Waals surface area contributed by atoms with Crippen LogP contribution >= 0.6 is 0 Å². The van der Waals surface area contributed by atoms with Crippen molar-refractivity contribution in [2.75, 3.05) is 0 Å². The van der Waals surface area contributed by atoms with E-state index in [2.05, 4.69) is 56.3 Å². The number of Topliss-reactive ketones (excluding diaryl/α,β-unsaturated/α-hetero) is 1. The van der Waals surface area contributed by atoms with Crippen LogP contribution in [0.1, 0.15) is 107 Å². The van der Waals surface area contributed by atoms with Crippen molar-refractivity contribution in [2.45, 2.75) is 134 Å². The predicted octanol–water partition coefficient (Wildman–Crippen LogP) is 14.1. The number of ketones is 1. The van der Waals surface area contributed by atoms with E-state index in [4.69, 9.17) is 28.4 Å². The summed E-state index contributed by atoms with van der Waals surface area (Å²) in [6.45, 7) is 9.76. The van der Waals surface area contributed by atoms with Crippen LogP contribution in [0.4, 0.5) is 0 Å². The van der Waals surface area contributed by atoms with E-state index in [1.165, 1.54) is 5.56 Å². The highest BCUT2D eigenvalue weighted by Crippen LogP contribution is 2.41. The molecule has 81 heavy (non-hydrogen) atoms. The number of aliphatic hydroxyl groups excluding tert-OH is 1. The molecule has 9 nitrogen and oxygen atoms in total. The molecule has 8 aromatic carbocycles. The van der Waals surface area contributed by atoms with Gasteiger partial charge >= 0.3 is 0 Å². The minimum Gasteiger partial charge on any atom is -0.386 e. The largest absolute Gasteiger partial charge is 0.386 e. The van der Waals surface area contributed by atoms with Gasteiger partial charge in [-0.25, -0.2) is 0 Å². The van der Waals surface area contributed by atoms with Crippen LogP contribution in [0, 0.1) is 11.8 Å². The molecule has 2 N–H and O–H groups in total. The summed E-state index contributed by atoms with van der Waals surface area (Å²) >= 11 is 0. The van der Waals surface area contributed by atoms with Gasteiger partial charge in [-0.3, -0.25) is 4.79 Å². The quantitative estimate of drug-likeness (QED) is 0.0641. The lowest BCUT2D eigenvalue weighted by Crippen LogP contribution is -2.66. The molecule has 8 aromatic rings. The number of ether oxygens (including phenoxy) is 6. The lowest BCUT2D eigenvalue weighted by molar-refractivity contribution is -0.326. The Bertz CT molecular complexity index is 3110. The van der Waals surface area contributed by atoms with E-state index >= 15 is 0 Å². The molecular formula is C72H78O9. The van der Waals surface area contributed by atoms with Crippen LogP contribution in [0.3, 0.4) is 0 Å². The lowest BCUT2D eigenvalue weighted by atomic mass is 9.81. The Morgan fingerprint density at radius 2 is 0.827 bits per heavy atom. The number of benzene rings is 8. The zero-order valence-electron chi connectivity index (χ0n) is 47.1. The van der Waals surface area contributed by atoms with Crippen LogP contribution < -0.4 is 0 Å². The molecule has 0 bridgehead atoms. The van der Waals surface area contributed by atoms with Crippen LogP contribution in [-0.4, -0.2) is 64.5 Å². The molecule has 2 saturated heterocycles. The topological polar surface area (TPSA) is 113 Å². The minimum absolute atomic E-state index is 0.0571. The molecular weight excluding hydrogens is 1010 g/mol. The second-order valence-electron chi connectivity index (χ2n) is 21.5. The van der Waals surface area contributed by atoms with Gasteiger partial charge in [-0.15, -0.1) is 0 Å². The van der Waals surface area contributed by atoms with Crippen LogP contribution in [0.15, 0.2) is 231 Å². The third kappa shape index (κ3) is 15.2. The molecule has 10 rings (SSSR count). The first-order valence-corrected chi connectivity index (χ1v) is 28.8. The van der Waals surface area contributed by atoms with Crippen LogP contribution in [0.5, 0.6) is 0 Å². The Balaban J connectivity index is 0.000000196. The summed E-state index contributed by atoms with van der Waals surface area (Å²) < 4.78 is 39.2. The first-order valence-electron chi connectivity index (χ1n) is 28.8. The molecule has 2 fully saturated rings. The number of rotatable bonds is 22. The summed E-state index contributed by atoms with van der Waals surface area (Å²) in [6.07, 6.45) is -1.53. The van der Waals surface area contributed by atoms with Gasteiger partial charge < -0.3 is 38.6 Å². The van der Waals surface area contributed by atoms with Gasteiger partial charge in [0.25, 0.3) is 5.79 Å². The van der Waals surface area contributed by atoms with Gasteiger partial charge in [0.05, 0.1) is 50.8 Å². The molecule has 11 atom stereocenters. The van der Waals surface area contributed by atoms with Crippen molar-refractivity contribution < 1.29 is 43.4 Å². The van der Waals surface area contributed by atoms with Crippen LogP contribution in [-0.2, 0) is 67.7 Å². The summed E-state index contributed by atoms with van der Waals surface area (Å²) in [5, 5.41) is 24.3. The highest BCUT2D eigenvalue weighted by molar-refractivity contribution is 6.03. The van der Waals surface area contributed by atoms with Crippen molar-refractivity contribution in [2.24, 2.45) is 11.8 Å². The molecule has 0 aliphatic carbocycles. The molecule has 0 spiro atoms. The van der Waals surface area contributed by atoms with E-state index in [9.17, 15) is 15.0 Å². The van der Waals surface area contributed by atoms with Crippen molar-refractivity contribution in [1.82, 2.24) is 0 Å². The van der Waals surface area contributed by atoms with Crippen molar-refractivity contribution in [3.8, 4) is 0 Å². The number of carbonyl (C=O) groups excluding carboxylic acids is 1. The average Bonchev–Trinajstić information content (AvgIpc) is 3.55. The van der Waals surface area contributed by atoms with Gasteiger partial charge in [0.2, 0.25) is 5.78 Å². The van der Waals surface area contributed by atoms with Crippen LogP contribution in [0.25, 0.3) is 0 Å². The molecule has 0 aromatic heterocycles. The molecule has 0 radical (unpaired) electrons. The summed E-state index contributed by atoms with van der Waals surface area (Å²) in [5.74, 6) is -2.79. The second kappa shape index (κ2) is 29.2. The summed E-state index contributed by atoms with van der Waals surface area (Å²) in [4.78, 5) is 14.4. The van der Waals surface area contributed by atoms with E-state index in [0.717, 1.165) is 57.3 Å². The number of aliphatic hydroxyl groups is 2. The molecule has 2 aliphatic rings. The van der Waals surface area contributed by atoms with Gasteiger partial charge in [0.1, 0.15) is 24.4 Å². The van der Waals surface area contributed by atoms with E-state index in [0.29, 0.717) is 38.2 Å². The van der Waals surface area contributed by atoms with E-state index in [1.54, 1.807) is 6.07 Å². The van der Waals surface area contributed by atoms with Crippen LogP contribution in [0.2, 0.25) is 0 Å². The zero-order valence-corrected chi connectivity index (χ0v) is 47.1. The van der Waals surface area contributed by atoms with Gasteiger partial charge in [-0.2, -0.15) is 0 Å². The number of hydrogen-bond donors (Lipinski definition) is 2. The Labute approximate surface area is 479 Å². The maximum absolute atomic E-state index is 14.4. The fourth-order valence-corrected chi connectivity index (χ4v) is 11.4. The van der Waals surface area contributed by atoms with E-state index in [-0.39, 0.29) is 30.7 Å². The zero-order chi connectivity index (χ0) is 56.4. The fourth-order valence-electron chi connectivity index (χ4n) is 11.4. The highest BCUT2D eigenvalue weighted by atomic mass is 16.7. The Morgan fingerprint density at radius 1 is 0.457 bits per heavy atom. The predicted molar refractivity (Wildman–Crippen MR) is 318 cm³/mol. The third-order valence-corrected chi connectivity index (χ3v) is 15.9. The third-order valence-electron chi connectivity index (χ3n) is 15.9. The van der Waals surface area contributed by atoms with Gasteiger partial charge in [-0.05, 0) is 75.8 Å². The second-order valence-corrected chi connectivity index (χ2v) is 21.5. The Hall–Kier alpha value is -6.89. The van der Waals surface area contributed by atoms with E-state index in [1.807, 2.05) is 196 Å². The molecule has 420 valence electrons. The molecule has 2 heterocycles. The first kappa shape index (κ1) is 58.8. The Morgan fingerprint density at radius 3 is 1.31 bits per heavy atom. The first-order chi connectivity index (χ1) is 39.6. The van der Waals surface area contributed by atoms with Gasteiger partial charge in [0, 0.05) is 17.4 Å². The fraction of sp³-hybridized carbons (Fsp3) is 0.319. The SMILES string of the molecule is CC[C@H]1O[C@@H](C(O)c2ccccc2Cc2ccccc2)[C@H](OCc2ccccc2)[C@@H](OCc2ccccc2)[C@@H]1C.CC[C@H]1O[C@@](O)(C(=O)c2ccccc2Cc2ccccc2)[C@H](OCc2ccccc2)[C@@H](OCc2ccccc2)[C@@H]1C. The Kier molecular flexibility index (Phi) is 21.2. The number of hydrogen-bond acceptors (Lipinski definition) is 9. The van der Waals surface area contributed by atoms with Crippen molar-refractivity contribution >= 4 is 5.78 Å². The molecule has 0 saturated carbocycles. The maximum Gasteiger partial charge on any atom is 0.261 e. The molecule has 0 amide bonds. The lowest BCUT2D eigenvalue weighted by Gasteiger charge is -2.49. The smallest absolute Gasteiger partial charge is 0.261 e. The number of carbonyl (C=O) groups is 1.